The Morgan fingerprint density at radius 3 is 2.61 bits per heavy atom. The van der Waals surface area contributed by atoms with Crippen molar-refractivity contribution in [2.24, 2.45) is 0 Å². The molecule has 2 rings (SSSR count). The quantitative estimate of drug-likeness (QED) is 0.617. The summed E-state index contributed by atoms with van der Waals surface area (Å²) in [7, 11) is 1.30. The maximum absolute atomic E-state index is 12.4. The highest BCUT2D eigenvalue weighted by atomic mass is 16.6. The van der Waals surface area contributed by atoms with Crippen LogP contribution in [0, 0.1) is 0 Å². The molecular formula is C16H23N3O4. The van der Waals surface area contributed by atoms with Gasteiger partial charge in [0.15, 0.2) is 0 Å². The van der Waals surface area contributed by atoms with E-state index >= 15 is 0 Å². The van der Waals surface area contributed by atoms with Gasteiger partial charge < -0.3 is 9.47 Å². The smallest absolute Gasteiger partial charge is 0.410 e. The molecule has 1 amide bonds. The minimum absolute atomic E-state index is 0.0588. The fraction of sp³-hybridized carbons (Fsp3) is 0.562. The van der Waals surface area contributed by atoms with Crippen LogP contribution in [0.15, 0.2) is 12.8 Å². The Bertz CT molecular complexity index is 642. The first-order chi connectivity index (χ1) is 10.6. The van der Waals surface area contributed by atoms with Crippen LogP contribution in [0.1, 0.15) is 39.0 Å². The molecule has 1 aromatic heterocycles. The van der Waals surface area contributed by atoms with E-state index in [1.807, 2.05) is 27.7 Å². The highest BCUT2D eigenvalue weighted by Crippen LogP contribution is 2.26. The molecule has 1 aromatic rings. The molecular weight excluding hydrogens is 298 g/mol. The van der Waals surface area contributed by atoms with Crippen LogP contribution in [0.5, 0.6) is 0 Å². The second kappa shape index (κ2) is 6.06. The van der Waals surface area contributed by atoms with Gasteiger partial charge in [0.1, 0.15) is 5.60 Å². The zero-order valence-electron chi connectivity index (χ0n) is 14.3. The first-order valence-corrected chi connectivity index (χ1v) is 7.46. The molecule has 1 aliphatic heterocycles. The van der Waals surface area contributed by atoms with E-state index in [2.05, 4.69) is 11.7 Å². The summed E-state index contributed by atoms with van der Waals surface area (Å²) in [5.74, 6) is -0.511. The third-order valence-corrected chi connectivity index (χ3v) is 3.62. The Balaban J connectivity index is 2.27. The van der Waals surface area contributed by atoms with Gasteiger partial charge in [-0.1, -0.05) is 6.58 Å². The number of carbonyl (C=O) groups is 2. The van der Waals surface area contributed by atoms with Crippen molar-refractivity contribution in [1.82, 2.24) is 14.7 Å². The van der Waals surface area contributed by atoms with E-state index in [9.17, 15) is 9.59 Å². The molecule has 126 valence electrons. The molecule has 0 spiro atoms. The Kier molecular flexibility index (Phi) is 4.49. The average Bonchev–Trinajstić information content (AvgIpc) is 2.85. The first kappa shape index (κ1) is 17.1. The number of amides is 1. The van der Waals surface area contributed by atoms with Crippen molar-refractivity contribution in [3.63, 3.8) is 0 Å². The Labute approximate surface area is 135 Å². The summed E-state index contributed by atoms with van der Waals surface area (Å²) in [5, 5.41) is 4.28. The molecule has 1 atom stereocenters. The van der Waals surface area contributed by atoms with Crippen LogP contribution in [0.25, 0.3) is 5.57 Å². The second-order valence-corrected chi connectivity index (χ2v) is 6.61. The van der Waals surface area contributed by atoms with Gasteiger partial charge in [0, 0.05) is 5.56 Å². The van der Waals surface area contributed by atoms with Crippen molar-refractivity contribution >= 4 is 17.6 Å². The fourth-order valence-corrected chi connectivity index (χ4v) is 2.45. The molecule has 0 fully saturated rings. The summed E-state index contributed by atoms with van der Waals surface area (Å²) < 4.78 is 11.9. The number of carbonyl (C=O) groups excluding carboxylic acids is 2. The topological polar surface area (TPSA) is 73.7 Å². The minimum Gasteiger partial charge on any atom is -0.465 e. The largest absolute Gasteiger partial charge is 0.465 e. The summed E-state index contributed by atoms with van der Waals surface area (Å²) in [6.45, 7) is 12.0. The second-order valence-electron chi connectivity index (χ2n) is 6.61. The van der Waals surface area contributed by atoms with Gasteiger partial charge in [-0.3, -0.25) is 9.58 Å². The van der Waals surface area contributed by atoms with Crippen LogP contribution < -0.4 is 0 Å². The molecule has 0 aromatic carbocycles. The number of fused-ring (bicyclic) bond motifs is 1. The molecule has 23 heavy (non-hydrogen) atoms. The van der Waals surface area contributed by atoms with Crippen LogP contribution in [-0.2, 0) is 27.4 Å². The lowest BCUT2D eigenvalue weighted by Crippen LogP contribution is -2.47. The number of nitrogens with zero attached hydrogens (tertiary/aromatic N) is 3. The van der Waals surface area contributed by atoms with Gasteiger partial charge in [-0.15, -0.1) is 0 Å². The molecule has 0 bridgehead atoms. The van der Waals surface area contributed by atoms with E-state index < -0.39 is 11.6 Å². The summed E-state index contributed by atoms with van der Waals surface area (Å²) in [6, 6.07) is -0.0588. The number of rotatable bonds is 2. The van der Waals surface area contributed by atoms with Crippen LogP contribution in [0.4, 0.5) is 4.79 Å². The number of esters is 1. The average molecular weight is 321 g/mol. The molecule has 2 heterocycles. The molecule has 0 radical (unpaired) electrons. The summed E-state index contributed by atoms with van der Waals surface area (Å²) in [4.78, 5) is 25.7. The zero-order valence-corrected chi connectivity index (χ0v) is 14.3. The maximum Gasteiger partial charge on any atom is 0.410 e. The number of hydrogen-bond donors (Lipinski definition) is 0. The van der Waals surface area contributed by atoms with Crippen LogP contribution in [0.3, 0.4) is 0 Å². The van der Waals surface area contributed by atoms with Crippen LogP contribution >= 0.6 is 0 Å². The van der Waals surface area contributed by atoms with E-state index in [0.717, 1.165) is 5.69 Å². The first-order valence-electron chi connectivity index (χ1n) is 7.46. The molecule has 7 nitrogen and oxygen atoms in total. The number of aromatic nitrogens is 2. The number of methoxy groups -OCH3 is 1. The van der Waals surface area contributed by atoms with Crippen molar-refractivity contribution in [3.05, 3.63) is 24.0 Å². The Hall–Kier alpha value is -2.31. The zero-order chi connectivity index (χ0) is 17.4. The van der Waals surface area contributed by atoms with Crippen molar-refractivity contribution in [1.29, 1.82) is 0 Å². The summed E-state index contributed by atoms with van der Waals surface area (Å²) in [5.41, 5.74) is 1.02. The predicted octanol–water partition coefficient (Wildman–Crippen LogP) is 2.21. The van der Waals surface area contributed by atoms with Gasteiger partial charge in [0.25, 0.3) is 0 Å². The SMILES string of the molecule is C=C(C(=O)OC)c1cnn2c1CN(C(=O)OC(C)(C)C)[C@@H](C)C2. The third kappa shape index (κ3) is 3.55. The van der Waals surface area contributed by atoms with E-state index in [1.165, 1.54) is 7.11 Å². The third-order valence-electron chi connectivity index (χ3n) is 3.62. The lowest BCUT2D eigenvalue weighted by Gasteiger charge is -2.35. The molecule has 7 heteroatoms. The van der Waals surface area contributed by atoms with Gasteiger partial charge in [-0.05, 0) is 27.7 Å². The van der Waals surface area contributed by atoms with E-state index in [4.69, 9.17) is 9.47 Å². The summed E-state index contributed by atoms with van der Waals surface area (Å²) in [6.07, 6.45) is 1.20. The van der Waals surface area contributed by atoms with Crippen LogP contribution in [-0.4, -0.2) is 45.5 Å². The normalized spacial score (nSPS) is 17.4. The van der Waals surface area contributed by atoms with Crippen molar-refractivity contribution < 1.29 is 19.1 Å². The minimum atomic E-state index is -0.563. The highest BCUT2D eigenvalue weighted by molar-refractivity contribution is 6.15. The number of hydrogen-bond acceptors (Lipinski definition) is 5. The highest BCUT2D eigenvalue weighted by Gasteiger charge is 2.33. The van der Waals surface area contributed by atoms with Gasteiger partial charge in [-0.25, -0.2) is 9.59 Å². The van der Waals surface area contributed by atoms with E-state index in [1.54, 1.807) is 15.8 Å². The van der Waals surface area contributed by atoms with Crippen molar-refractivity contribution in [2.75, 3.05) is 7.11 Å². The van der Waals surface area contributed by atoms with Crippen molar-refractivity contribution in [2.45, 2.75) is 52.4 Å². The van der Waals surface area contributed by atoms with Gasteiger partial charge >= 0.3 is 12.1 Å². The van der Waals surface area contributed by atoms with Crippen LogP contribution in [0.2, 0.25) is 0 Å². The molecule has 0 saturated carbocycles. The molecule has 1 aliphatic rings. The van der Waals surface area contributed by atoms with E-state index in [0.29, 0.717) is 18.7 Å². The lowest BCUT2D eigenvalue weighted by molar-refractivity contribution is -0.133. The Morgan fingerprint density at radius 1 is 1.39 bits per heavy atom. The number of ether oxygens (including phenoxy) is 2. The monoisotopic (exact) mass is 321 g/mol. The van der Waals surface area contributed by atoms with Gasteiger partial charge in [-0.2, -0.15) is 5.10 Å². The van der Waals surface area contributed by atoms with E-state index in [-0.39, 0.29) is 17.7 Å². The fourth-order valence-electron chi connectivity index (χ4n) is 2.45. The molecule has 0 N–H and O–H groups in total. The summed E-state index contributed by atoms with van der Waals surface area (Å²) >= 11 is 0. The molecule has 0 saturated heterocycles. The maximum atomic E-state index is 12.4. The Morgan fingerprint density at radius 2 is 2.04 bits per heavy atom. The predicted molar refractivity (Wildman–Crippen MR) is 84.5 cm³/mol. The lowest BCUT2D eigenvalue weighted by atomic mass is 10.1. The van der Waals surface area contributed by atoms with Gasteiger partial charge in [0.05, 0.1) is 43.7 Å². The van der Waals surface area contributed by atoms with Gasteiger partial charge in [0.2, 0.25) is 0 Å². The standard InChI is InChI=1S/C16H23N3O4/c1-10-8-19-13(9-18(10)15(21)23-16(3,4)5)12(7-17-19)11(2)14(20)22-6/h7,10H,2,8-9H2,1,3-6H3/t10-/m0/s1. The molecule has 0 unspecified atom stereocenters. The molecule has 0 aliphatic carbocycles. The van der Waals surface area contributed by atoms with Crippen molar-refractivity contribution in [3.8, 4) is 0 Å².